The molecule has 1 aromatic carbocycles. The van der Waals surface area contributed by atoms with Crippen LogP contribution in [0.3, 0.4) is 0 Å². The first-order valence-corrected chi connectivity index (χ1v) is 6.87. The third kappa shape index (κ3) is 3.81. The molecule has 1 saturated heterocycles. The maximum absolute atomic E-state index is 14.0. The van der Waals surface area contributed by atoms with Gasteiger partial charge in [0.25, 0.3) is 5.91 Å². The summed E-state index contributed by atoms with van der Waals surface area (Å²) in [6.45, 7) is 1.04. The average molecular weight is 291 g/mol. The van der Waals surface area contributed by atoms with Crippen molar-refractivity contribution >= 4 is 5.91 Å². The van der Waals surface area contributed by atoms with Crippen LogP contribution in [-0.2, 0) is 4.74 Å². The van der Waals surface area contributed by atoms with E-state index < -0.39 is 5.82 Å². The second kappa shape index (κ2) is 7.21. The van der Waals surface area contributed by atoms with Gasteiger partial charge in [-0.2, -0.15) is 0 Å². The van der Waals surface area contributed by atoms with Crippen LogP contribution in [0.1, 0.15) is 28.8 Å². The van der Waals surface area contributed by atoms with Crippen LogP contribution < -0.4 is 0 Å². The Hall–Kier alpha value is -1.90. The van der Waals surface area contributed by atoms with Gasteiger partial charge < -0.3 is 14.7 Å². The lowest BCUT2D eigenvalue weighted by molar-refractivity contribution is 0.0720. The minimum Gasteiger partial charge on any atom is -0.395 e. The molecule has 1 aliphatic heterocycles. The highest BCUT2D eigenvalue weighted by Crippen LogP contribution is 2.18. The summed E-state index contributed by atoms with van der Waals surface area (Å²) in [5, 5.41) is 8.64. The Morgan fingerprint density at radius 2 is 2.38 bits per heavy atom. The standard InChI is InChI=1S/C16H18FNO3/c1-21-13-7-8-18(11-13)16(20)14-6-5-12(10-15(14)17)4-2-3-9-19/h5-6,10,13,19H,3,7-9,11H2,1H3. The third-order valence-electron chi connectivity index (χ3n) is 3.43. The van der Waals surface area contributed by atoms with Crippen LogP contribution in [0.15, 0.2) is 18.2 Å². The van der Waals surface area contributed by atoms with Gasteiger partial charge in [-0.25, -0.2) is 4.39 Å². The van der Waals surface area contributed by atoms with Crippen LogP contribution in [-0.4, -0.2) is 48.8 Å². The number of hydrogen-bond donors (Lipinski definition) is 1. The lowest BCUT2D eigenvalue weighted by Gasteiger charge is -2.16. The number of halogens is 1. The van der Waals surface area contributed by atoms with E-state index in [2.05, 4.69) is 11.8 Å². The predicted molar refractivity (Wildman–Crippen MR) is 76.3 cm³/mol. The van der Waals surface area contributed by atoms with E-state index in [1.54, 1.807) is 18.1 Å². The highest BCUT2D eigenvalue weighted by Gasteiger charge is 2.28. The zero-order valence-electron chi connectivity index (χ0n) is 11.9. The van der Waals surface area contributed by atoms with Crippen LogP contribution in [0.4, 0.5) is 4.39 Å². The number of rotatable bonds is 3. The van der Waals surface area contributed by atoms with E-state index in [-0.39, 0.29) is 24.2 Å². The highest BCUT2D eigenvalue weighted by atomic mass is 19.1. The lowest BCUT2D eigenvalue weighted by Crippen LogP contribution is -2.30. The fraction of sp³-hybridized carbons (Fsp3) is 0.438. The predicted octanol–water partition coefficient (Wildman–Crippen LogP) is 1.42. The van der Waals surface area contributed by atoms with E-state index in [9.17, 15) is 9.18 Å². The maximum atomic E-state index is 14.0. The number of likely N-dealkylation sites (tertiary alicyclic amines) is 1. The summed E-state index contributed by atoms with van der Waals surface area (Å²) in [7, 11) is 1.61. The van der Waals surface area contributed by atoms with Crippen LogP contribution in [0.25, 0.3) is 0 Å². The number of ether oxygens (including phenoxy) is 1. The lowest BCUT2D eigenvalue weighted by atomic mass is 10.1. The molecule has 1 amide bonds. The zero-order chi connectivity index (χ0) is 15.2. The van der Waals surface area contributed by atoms with Gasteiger partial charge in [-0.15, -0.1) is 0 Å². The molecule has 0 saturated carbocycles. The molecule has 0 aliphatic carbocycles. The molecule has 1 aliphatic rings. The van der Waals surface area contributed by atoms with Gasteiger partial charge >= 0.3 is 0 Å². The fourth-order valence-electron chi connectivity index (χ4n) is 2.26. The number of methoxy groups -OCH3 is 1. The molecule has 21 heavy (non-hydrogen) atoms. The highest BCUT2D eigenvalue weighted by molar-refractivity contribution is 5.94. The van der Waals surface area contributed by atoms with Gasteiger partial charge in [0.2, 0.25) is 0 Å². The first-order chi connectivity index (χ1) is 10.2. The second-order valence-electron chi connectivity index (χ2n) is 4.87. The molecule has 4 nitrogen and oxygen atoms in total. The van der Waals surface area contributed by atoms with Crippen molar-refractivity contribution in [3.05, 3.63) is 35.1 Å². The van der Waals surface area contributed by atoms with Crippen molar-refractivity contribution in [2.75, 3.05) is 26.8 Å². The number of carbonyl (C=O) groups excluding carboxylic acids is 1. The van der Waals surface area contributed by atoms with Gasteiger partial charge in [-0.05, 0) is 24.6 Å². The van der Waals surface area contributed by atoms with Crippen molar-refractivity contribution in [2.24, 2.45) is 0 Å². The maximum Gasteiger partial charge on any atom is 0.256 e. The summed E-state index contributed by atoms with van der Waals surface area (Å²) < 4.78 is 19.3. The minimum atomic E-state index is -0.573. The minimum absolute atomic E-state index is 0.0261. The van der Waals surface area contributed by atoms with Gasteiger partial charge in [0, 0.05) is 32.2 Å². The van der Waals surface area contributed by atoms with E-state index in [0.29, 0.717) is 25.1 Å². The molecule has 2 rings (SSSR count). The van der Waals surface area contributed by atoms with Gasteiger partial charge in [0.05, 0.1) is 18.3 Å². The van der Waals surface area contributed by atoms with Crippen molar-refractivity contribution in [1.82, 2.24) is 4.90 Å². The molecule has 1 atom stereocenters. The summed E-state index contributed by atoms with van der Waals surface area (Å²) in [4.78, 5) is 13.9. The SMILES string of the molecule is COC1CCN(C(=O)c2ccc(C#CCCO)cc2F)C1. The topological polar surface area (TPSA) is 49.8 Å². The summed E-state index contributed by atoms with van der Waals surface area (Å²) >= 11 is 0. The van der Waals surface area contributed by atoms with Crippen molar-refractivity contribution in [3.8, 4) is 11.8 Å². The van der Waals surface area contributed by atoms with E-state index in [1.165, 1.54) is 12.1 Å². The van der Waals surface area contributed by atoms with Gasteiger partial charge in [-0.1, -0.05) is 11.8 Å². The molecule has 0 aromatic heterocycles. The number of benzene rings is 1. The van der Waals surface area contributed by atoms with Gasteiger partial charge in [0.1, 0.15) is 5.82 Å². The second-order valence-corrected chi connectivity index (χ2v) is 4.87. The van der Waals surface area contributed by atoms with Crippen LogP contribution in [0.5, 0.6) is 0 Å². The molecule has 1 N–H and O–H groups in total. The van der Waals surface area contributed by atoms with E-state index in [4.69, 9.17) is 9.84 Å². The Morgan fingerprint density at radius 1 is 1.57 bits per heavy atom. The Bertz CT molecular complexity index is 577. The number of carbonyl (C=O) groups is 1. The fourth-order valence-corrected chi connectivity index (χ4v) is 2.26. The Balaban J connectivity index is 2.10. The Labute approximate surface area is 123 Å². The van der Waals surface area contributed by atoms with Gasteiger partial charge in [-0.3, -0.25) is 4.79 Å². The van der Waals surface area contributed by atoms with Crippen LogP contribution in [0, 0.1) is 17.7 Å². The summed E-state index contributed by atoms with van der Waals surface area (Å²) in [5.74, 6) is 4.57. The molecule has 1 aromatic rings. The molecule has 112 valence electrons. The molecule has 0 radical (unpaired) electrons. The molecule has 1 heterocycles. The normalized spacial score (nSPS) is 17.5. The van der Waals surface area contributed by atoms with Crippen LogP contribution in [0.2, 0.25) is 0 Å². The quantitative estimate of drug-likeness (QED) is 0.857. The number of aliphatic hydroxyl groups excluding tert-OH is 1. The molecular weight excluding hydrogens is 273 g/mol. The number of amides is 1. The summed E-state index contributed by atoms with van der Waals surface area (Å²) in [6, 6.07) is 4.33. The zero-order valence-corrected chi connectivity index (χ0v) is 11.9. The number of aliphatic hydroxyl groups is 1. The molecule has 1 fully saturated rings. The Kier molecular flexibility index (Phi) is 5.32. The van der Waals surface area contributed by atoms with Crippen molar-refractivity contribution in [3.63, 3.8) is 0 Å². The summed E-state index contributed by atoms with van der Waals surface area (Å²) in [5.41, 5.74) is 0.549. The summed E-state index contributed by atoms with van der Waals surface area (Å²) in [6.07, 6.45) is 1.14. The molecule has 5 heteroatoms. The number of nitrogens with zero attached hydrogens (tertiary/aromatic N) is 1. The number of hydrogen-bond acceptors (Lipinski definition) is 3. The smallest absolute Gasteiger partial charge is 0.256 e. The molecule has 0 bridgehead atoms. The van der Waals surface area contributed by atoms with E-state index in [1.807, 2.05) is 0 Å². The van der Waals surface area contributed by atoms with Crippen molar-refractivity contribution in [1.29, 1.82) is 0 Å². The van der Waals surface area contributed by atoms with Crippen molar-refractivity contribution < 1.29 is 19.0 Å². The monoisotopic (exact) mass is 291 g/mol. The third-order valence-corrected chi connectivity index (χ3v) is 3.43. The molecular formula is C16H18FNO3. The van der Waals surface area contributed by atoms with Gasteiger partial charge in [0.15, 0.2) is 0 Å². The van der Waals surface area contributed by atoms with Crippen LogP contribution >= 0.6 is 0 Å². The van der Waals surface area contributed by atoms with E-state index in [0.717, 1.165) is 6.42 Å². The molecule has 1 unspecified atom stereocenters. The largest absolute Gasteiger partial charge is 0.395 e. The average Bonchev–Trinajstić information content (AvgIpc) is 2.96. The first-order valence-electron chi connectivity index (χ1n) is 6.87. The van der Waals surface area contributed by atoms with Crippen molar-refractivity contribution in [2.45, 2.75) is 18.9 Å². The van der Waals surface area contributed by atoms with E-state index >= 15 is 0 Å². The first kappa shape index (κ1) is 15.5. The molecule has 0 spiro atoms. The Morgan fingerprint density at radius 3 is 3.00 bits per heavy atom.